The Hall–Kier alpha value is -3.68. The van der Waals surface area contributed by atoms with Crippen LogP contribution in [0.4, 0.5) is 4.79 Å². The van der Waals surface area contributed by atoms with Gasteiger partial charge in [0.1, 0.15) is 5.76 Å². The molecule has 0 saturated carbocycles. The van der Waals surface area contributed by atoms with Crippen LogP contribution in [0.15, 0.2) is 41.0 Å². The summed E-state index contributed by atoms with van der Waals surface area (Å²) in [6.07, 6.45) is 5.06. The number of furan rings is 1. The number of fused-ring (bicyclic) bond motifs is 2. The van der Waals surface area contributed by atoms with Crippen LogP contribution in [0, 0.1) is 6.92 Å². The van der Waals surface area contributed by atoms with Crippen molar-refractivity contribution in [2.45, 2.75) is 39.2 Å². The first kappa shape index (κ1) is 20.6. The number of ether oxygens (including phenoxy) is 1. The van der Waals surface area contributed by atoms with Crippen LogP contribution in [-0.4, -0.2) is 29.5 Å². The smallest absolute Gasteiger partial charge is 0.339 e. The lowest BCUT2D eigenvalue weighted by molar-refractivity contribution is -0.123. The van der Waals surface area contributed by atoms with Crippen molar-refractivity contribution < 1.29 is 23.5 Å². The predicted octanol–water partition coefficient (Wildman–Crippen LogP) is 3.20. The highest BCUT2D eigenvalue weighted by molar-refractivity contribution is 6.06. The number of rotatable bonds is 5. The molecule has 2 heterocycles. The third-order valence-electron chi connectivity index (χ3n) is 5.21. The van der Waals surface area contributed by atoms with E-state index in [1.165, 1.54) is 6.26 Å². The van der Waals surface area contributed by atoms with Gasteiger partial charge in [-0.25, -0.2) is 9.59 Å². The summed E-state index contributed by atoms with van der Waals surface area (Å²) in [5.41, 5.74) is 4.02. The van der Waals surface area contributed by atoms with Crippen LogP contribution in [0.1, 0.15) is 45.8 Å². The Kier molecular flexibility index (Phi) is 5.97. The Morgan fingerprint density at radius 3 is 2.81 bits per heavy atom. The van der Waals surface area contributed by atoms with Gasteiger partial charge in [-0.1, -0.05) is 11.6 Å². The lowest BCUT2D eigenvalue weighted by atomic mass is 9.89. The van der Waals surface area contributed by atoms with E-state index >= 15 is 0 Å². The molecule has 0 spiro atoms. The maximum absolute atomic E-state index is 13.0. The summed E-state index contributed by atoms with van der Waals surface area (Å²) < 4.78 is 10.4. The van der Waals surface area contributed by atoms with Crippen molar-refractivity contribution in [1.29, 1.82) is 0 Å². The summed E-state index contributed by atoms with van der Waals surface area (Å²) >= 11 is 0. The number of urea groups is 1. The van der Waals surface area contributed by atoms with E-state index in [2.05, 4.69) is 10.6 Å². The molecule has 0 bridgehead atoms. The number of carbonyl (C=O) groups is 3. The van der Waals surface area contributed by atoms with Gasteiger partial charge < -0.3 is 14.5 Å². The lowest BCUT2D eigenvalue weighted by Crippen LogP contribution is -2.41. The fourth-order valence-electron chi connectivity index (χ4n) is 3.76. The highest BCUT2D eigenvalue weighted by atomic mass is 16.5. The summed E-state index contributed by atoms with van der Waals surface area (Å²) in [4.78, 5) is 41.6. The topological polar surface area (TPSA) is 111 Å². The molecule has 1 aliphatic rings. The summed E-state index contributed by atoms with van der Waals surface area (Å²) in [5.74, 6) is -0.741. The molecule has 1 aliphatic carbocycles. The molecule has 3 aromatic rings. The molecule has 0 aliphatic heterocycles. The second-order valence-corrected chi connectivity index (χ2v) is 7.53. The monoisotopic (exact) mass is 421 g/mol. The number of pyridine rings is 1. The average molecular weight is 421 g/mol. The number of nitrogens with zero attached hydrogens (tertiary/aromatic N) is 1. The van der Waals surface area contributed by atoms with Crippen LogP contribution < -0.4 is 10.6 Å². The Bertz CT molecular complexity index is 1140. The van der Waals surface area contributed by atoms with Crippen molar-refractivity contribution in [3.8, 4) is 0 Å². The van der Waals surface area contributed by atoms with E-state index in [1.807, 2.05) is 25.1 Å². The zero-order valence-electron chi connectivity index (χ0n) is 17.2. The van der Waals surface area contributed by atoms with Crippen LogP contribution in [0.25, 0.3) is 10.9 Å². The summed E-state index contributed by atoms with van der Waals surface area (Å²) in [6, 6.07) is 8.46. The summed E-state index contributed by atoms with van der Waals surface area (Å²) in [6.45, 7) is 1.53. The largest absolute Gasteiger partial charge is 0.467 e. The van der Waals surface area contributed by atoms with Gasteiger partial charge in [0.2, 0.25) is 0 Å². The number of benzene rings is 1. The first-order valence-corrected chi connectivity index (χ1v) is 10.2. The Morgan fingerprint density at radius 1 is 1.16 bits per heavy atom. The van der Waals surface area contributed by atoms with Gasteiger partial charge in [0.25, 0.3) is 5.91 Å². The number of nitrogens with one attached hydrogen (secondary N) is 2. The molecule has 31 heavy (non-hydrogen) atoms. The normalized spacial score (nSPS) is 12.8. The van der Waals surface area contributed by atoms with E-state index in [0.717, 1.165) is 53.4 Å². The first-order valence-electron chi connectivity index (χ1n) is 10.2. The number of esters is 1. The van der Waals surface area contributed by atoms with E-state index in [0.29, 0.717) is 11.3 Å². The minimum atomic E-state index is -0.714. The van der Waals surface area contributed by atoms with Crippen molar-refractivity contribution in [1.82, 2.24) is 15.6 Å². The molecule has 1 aromatic carbocycles. The number of hydrogen-bond donors (Lipinski definition) is 2. The van der Waals surface area contributed by atoms with E-state index in [4.69, 9.17) is 14.1 Å². The van der Waals surface area contributed by atoms with Gasteiger partial charge >= 0.3 is 12.0 Å². The summed E-state index contributed by atoms with van der Waals surface area (Å²) in [5, 5.41) is 5.36. The number of imide groups is 1. The molecule has 0 fully saturated rings. The van der Waals surface area contributed by atoms with Gasteiger partial charge in [-0.2, -0.15) is 0 Å². The van der Waals surface area contributed by atoms with Crippen molar-refractivity contribution in [3.05, 3.63) is 64.7 Å². The van der Waals surface area contributed by atoms with Crippen LogP contribution in [0.3, 0.4) is 0 Å². The molecule has 8 nitrogen and oxygen atoms in total. The fraction of sp³-hybridized carbons (Fsp3) is 0.304. The molecule has 3 amide bonds. The maximum Gasteiger partial charge on any atom is 0.339 e. The quantitative estimate of drug-likeness (QED) is 0.612. The minimum absolute atomic E-state index is 0.139. The predicted molar refractivity (Wildman–Crippen MR) is 112 cm³/mol. The molecule has 0 atom stereocenters. The molecule has 2 aromatic heterocycles. The Balaban J connectivity index is 1.44. The third kappa shape index (κ3) is 4.74. The zero-order chi connectivity index (χ0) is 21.8. The number of amides is 3. The average Bonchev–Trinajstić information content (AvgIpc) is 3.28. The molecule has 160 valence electrons. The van der Waals surface area contributed by atoms with Crippen molar-refractivity contribution in [2.75, 3.05) is 6.61 Å². The van der Waals surface area contributed by atoms with Crippen LogP contribution >= 0.6 is 0 Å². The molecule has 0 saturated heterocycles. The molecular weight excluding hydrogens is 398 g/mol. The molecule has 0 radical (unpaired) electrons. The van der Waals surface area contributed by atoms with Crippen LogP contribution in [0.2, 0.25) is 0 Å². The highest BCUT2D eigenvalue weighted by Crippen LogP contribution is 2.30. The van der Waals surface area contributed by atoms with Gasteiger partial charge in [-0.3, -0.25) is 15.1 Å². The second kappa shape index (κ2) is 8.99. The second-order valence-electron chi connectivity index (χ2n) is 7.53. The molecule has 8 heteroatoms. The number of carbonyl (C=O) groups excluding carboxylic acids is 3. The molecule has 0 unspecified atom stereocenters. The van der Waals surface area contributed by atoms with Crippen molar-refractivity contribution in [2.24, 2.45) is 0 Å². The van der Waals surface area contributed by atoms with Crippen LogP contribution in [-0.2, 0) is 28.9 Å². The van der Waals surface area contributed by atoms with Gasteiger partial charge in [0.15, 0.2) is 6.61 Å². The van der Waals surface area contributed by atoms with E-state index < -0.39 is 24.5 Å². The minimum Gasteiger partial charge on any atom is -0.467 e. The van der Waals surface area contributed by atoms with Gasteiger partial charge in [0.05, 0.1) is 23.9 Å². The van der Waals surface area contributed by atoms with Gasteiger partial charge in [0, 0.05) is 11.1 Å². The lowest BCUT2D eigenvalue weighted by Gasteiger charge is -2.20. The standard InChI is InChI=1S/C23H23N3O5/c1-14-8-9-19-17(11-14)21(16-6-2-3-7-18(16)25-19)22(28)31-13-20(27)26-23(29)24-12-15-5-4-10-30-15/h4-5,8-11H,2-3,6-7,12-13H2,1H3,(H2,24,26,27,29). The SMILES string of the molecule is Cc1ccc2nc3c(c(C(=O)OCC(=O)NC(=O)NCc4ccco4)c2c1)CCCC3. The van der Waals surface area contributed by atoms with Crippen molar-refractivity contribution >= 4 is 28.8 Å². The molecular formula is C23H23N3O5. The van der Waals surface area contributed by atoms with Gasteiger partial charge in [-0.15, -0.1) is 0 Å². The third-order valence-corrected chi connectivity index (χ3v) is 5.21. The van der Waals surface area contributed by atoms with E-state index in [-0.39, 0.29) is 6.54 Å². The first-order chi connectivity index (χ1) is 15.0. The number of hydrogen-bond acceptors (Lipinski definition) is 6. The Morgan fingerprint density at radius 2 is 2.00 bits per heavy atom. The van der Waals surface area contributed by atoms with Gasteiger partial charge in [-0.05, 0) is 62.4 Å². The zero-order valence-corrected chi connectivity index (χ0v) is 17.2. The fourth-order valence-corrected chi connectivity index (χ4v) is 3.76. The van der Waals surface area contributed by atoms with Crippen molar-refractivity contribution in [3.63, 3.8) is 0 Å². The molecule has 4 rings (SSSR count). The molecule has 2 N–H and O–H groups in total. The summed E-state index contributed by atoms with van der Waals surface area (Å²) in [7, 11) is 0. The van der Waals surface area contributed by atoms with Crippen LogP contribution in [0.5, 0.6) is 0 Å². The van der Waals surface area contributed by atoms with E-state index in [1.54, 1.807) is 12.1 Å². The number of aromatic nitrogens is 1. The number of aryl methyl sites for hydroxylation is 2. The highest BCUT2D eigenvalue weighted by Gasteiger charge is 2.24. The van der Waals surface area contributed by atoms with E-state index in [9.17, 15) is 14.4 Å². The maximum atomic E-state index is 13.0. The Labute approximate surface area is 179 Å².